The molecule has 0 heterocycles. The Morgan fingerprint density at radius 2 is 1.27 bits per heavy atom. The standard InChI is InChI=1S/C15H7F5O4.CH3F/c16-7-1-2-12(9(18)3-7)23-13(21)6-14(22)24-15-10(19)4-8(17)5-11(15)20;1-2/h1-5H,6H2;1H3. The minimum Gasteiger partial charge on any atom is -0.423 e. The minimum atomic E-state index is -1.49. The fourth-order valence-corrected chi connectivity index (χ4v) is 1.61. The van der Waals surface area contributed by atoms with Crippen LogP contribution in [0.25, 0.3) is 0 Å². The number of halogens is 6. The maximum absolute atomic E-state index is 13.3. The second-order valence-electron chi connectivity index (χ2n) is 4.40. The monoisotopic (exact) mass is 380 g/mol. The summed E-state index contributed by atoms with van der Waals surface area (Å²) in [6, 6.07) is 2.63. The fourth-order valence-electron chi connectivity index (χ4n) is 1.61. The van der Waals surface area contributed by atoms with Crippen molar-refractivity contribution in [3.63, 3.8) is 0 Å². The van der Waals surface area contributed by atoms with Crippen LogP contribution in [0.2, 0.25) is 0 Å². The molecule has 0 aliphatic carbocycles. The largest absolute Gasteiger partial charge is 0.423 e. The van der Waals surface area contributed by atoms with Gasteiger partial charge in [-0.05, 0) is 12.1 Å². The molecule has 0 spiro atoms. The smallest absolute Gasteiger partial charge is 0.322 e. The predicted molar refractivity (Wildman–Crippen MR) is 75.6 cm³/mol. The van der Waals surface area contributed by atoms with Gasteiger partial charge in [-0.2, -0.15) is 0 Å². The topological polar surface area (TPSA) is 52.6 Å². The van der Waals surface area contributed by atoms with Gasteiger partial charge in [0.2, 0.25) is 5.75 Å². The number of carbonyl (C=O) groups is 2. The summed E-state index contributed by atoms with van der Waals surface area (Å²) >= 11 is 0. The van der Waals surface area contributed by atoms with Crippen LogP contribution in [-0.2, 0) is 9.59 Å². The summed E-state index contributed by atoms with van der Waals surface area (Å²) < 4.78 is 83.5. The second-order valence-corrected chi connectivity index (χ2v) is 4.40. The Balaban J connectivity index is 0.00000163. The highest BCUT2D eigenvalue weighted by Gasteiger charge is 2.20. The molecule has 0 saturated heterocycles. The van der Waals surface area contributed by atoms with Crippen LogP contribution < -0.4 is 9.47 Å². The van der Waals surface area contributed by atoms with E-state index in [4.69, 9.17) is 0 Å². The normalized spacial score (nSPS) is 9.81. The van der Waals surface area contributed by atoms with Crippen molar-refractivity contribution in [2.75, 3.05) is 7.18 Å². The molecule has 0 bridgehead atoms. The first-order chi connectivity index (χ1) is 12.3. The van der Waals surface area contributed by atoms with Crippen molar-refractivity contribution in [3.8, 4) is 11.5 Å². The van der Waals surface area contributed by atoms with Gasteiger partial charge in [0, 0.05) is 18.2 Å². The van der Waals surface area contributed by atoms with Crippen LogP contribution in [0.5, 0.6) is 11.5 Å². The number of hydrogen-bond donors (Lipinski definition) is 0. The van der Waals surface area contributed by atoms with Crippen LogP contribution in [0.3, 0.4) is 0 Å². The van der Waals surface area contributed by atoms with E-state index in [1.165, 1.54) is 0 Å². The maximum atomic E-state index is 13.3. The van der Waals surface area contributed by atoms with Gasteiger partial charge < -0.3 is 9.47 Å². The van der Waals surface area contributed by atoms with Gasteiger partial charge in [0.1, 0.15) is 18.1 Å². The van der Waals surface area contributed by atoms with Crippen molar-refractivity contribution in [3.05, 3.63) is 59.4 Å². The molecule has 0 atom stereocenters. The van der Waals surface area contributed by atoms with Crippen LogP contribution in [-0.4, -0.2) is 19.1 Å². The number of alkyl halides is 1. The van der Waals surface area contributed by atoms with Crippen LogP contribution in [0.4, 0.5) is 26.3 Å². The van der Waals surface area contributed by atoms with Crippen molar-refractivity contribution >= 4 is 11.9 Å². The third-order valence-electron chi connectivity index (χ3n) is 2.59. The van der Waals surface area contributed by atoms with E-state index in [1.807, 2.05) is 0 Å². The highest BCUT2D eigenvalue weighted by molar-refractivity contribution is 5.93. The average Bonchev–Trinajstić information content (AvgIpc) is 2.55. The molecule has 26 heavy (non-hydrogen) atoms. The molecule has 0 amide bonds. The highest BCUT2D eigenvalue weighted by Crippen LogP contribution is 2.23. The highest BCUT2D eigenvalue weighted by atomic mass is 19.2. The Hall–Kier alpha value is -3.04. The van der Waals surface area contributed by atoms with E-state index in [2.05, 4.69) is 9.47 Å². The first-order valence-electron chi connectivity index (χ1n) is 6.65. The second kappa shape index (κ2) is 9.44. The molecule has 140 valence electrons. The molecule has 2 rings (SSSR count). The van der Waals surface area contributed by atoms with Gasteiger partial charge in [-0.15, -0.1) is 0 Å². The first kappa shape index (κ1) is 21.0. The molecule has 0 N–H and O–H groups in total. The molecule has 10 heteroatoms. The third-order valence-corrected chi connectivity index (χ3v) is 2.59. The quantitative estimate of drug-likeness (QED) is 0.350. The van der Waals surface area contributed by atoms with Crippen molar-refractivity contribution in [2.24, 2.45) is 0 Å². The van der Waals surface area contributed by atoms with E-state index >= 15 is 0 Å². The van der Waals surface area contributed by atoms with Crippen molar-refractivity contribution in [1.29, 1.82) is 0 Å². The van der Waals surface area contributed by atoms with Crippen LogP contribution in [0.1, 0.15) is 6.42 Å². The van der Waals surface area contributed by atoms with E-state index in [9.17, 15) is 35.9 Å². The van der Waals surface area contributed by atoms with Gasteiger partial charge in [0.25, 0.3) is 0 Å². The zero-order valence-electron chi connectivity index (χ0n) is 13.0. The summed E-state index contributed by atoms with van der Waals surface area (Å²) in [7, 11) is 0.500. The Kier molecular flexibility index (Phi) is 7.63. The van der Waals surface area contributed by atoms with Gasteiger partial charge in [-0.1, -0.05) is 0 Å². The maximum Gasteiger partial charge on any atom is 0.322 e. The lowest BCUT2D eigenvalue weighted by molar-refractivity contribution is -0.144. The van der Waals surface area contributed by atoms with E-state index in [0.29, 0.717) is 13.2 Å². The number of hydrogen-bond acceptors (Lipinski definition) is 4. The third kappa shape index (κ3) is 5.80. The molecule has 0 unspecified atom stereocenters. The van der Waals surface area contributed by atoms with Gasteiger partial charge in [-0.25, -0.2) is 22.0 Å². The fraction of sp³-hybridized carbons (Fsp3) is 0.125. The molecule has 0 fully saturated rings. The van der Waals surface area contributed by atoms with Gasteiger partial charge in [-0.3, -0.25) is 14.0 Å². The SMILES string of the molecule is CF.O=C(CC(=O)Oc1c(F)cc(F)cc1F)Oc1ccc(F)cc1F. The number of ether oxygens (including phenoxy) is 2. The molecule has 0 radical (unpaired) electrons. The molecular formula is C16H10F6O4. The summed E-state index contributed by atoms with van der Waals surface area (Å²) in [6.45, 7) is 0. The van der Waals surface area contributed by atoms with E-state index in [1.54, 1.807) is 0 Å². The van der Waals surface area contributed by atoms with Crippen molar-refractivity contribution in [2.45, 2.75) is 6.42 Å². The van der Waals surface area contributed by atoms with Gasteiger partial charge in [0.15, 0.2) is 23.2 Å². The zero-order valence-corrected chi connectivity index (χ0v) is 13.0. The van der Waals surface area contributed by atoms with Crippen LogP contribution >= 0.6 is 0 Å². The van der Waals surface area contributed by atoms with Crippen LogP contribution in [0.15, 0.2) is 30.3 Å². The summed E-state index contributed by atoms with van der Waals surface area (Å²) in [6.07, 6.45) is -1.12. The van der Waals surface area contributed by atoms with Gasteiger partial charge in [0.05, 0.1) is 7.18 Å². The van der Waals surface area contributed by atoms with E-state index in [0.717, 1.165) is 12.1 Å². The molecule has 0 saturated carbocycles. The molecule has 0 aliphatic rings. The average molecular weight is 380 g/mol. The molecule has 2 aromatic rings. The predicted octanol–water partition coefficient (Wildman–Crippen LogP) is 3.87. The summed E-state index contributed by atoms with van der Waals surface area (Å²) in [5.74, 6) is -10.9. The molecule has 0 aliphatic heterocycles. The van der Waals surface area contributed by atoms with Crippen molar-refractivity contribution < 1.29 is 45.4 Å². The number of carbonyl (C=O) groups excluding carboxylic acids is 2. The number of rotatable bonds is 4. The van der Waals surface area contributed by atoms with Gasteiger partial charge >= 0.3 is 11.9 Å². The minimum absolute atomic E-state index is 0.276. The van der Waals surface area contributed by atoms with E-state index < -0.39 is 58.9 Å². The molecule has 0 aromatic heterocycles. The van der Waals surface area contributed by atoms with Crippen molar-refractivity contribution in [1.82, 2.24) is 0 Å². The number of benzene rings is 2. The summed E-state index contributed by atoms with van der Waals surface area (Å²) in [5, 5.41) is 0. The Morgan fingerprint density at radius 1 is 0.769 bits per heavy atom. The Morgan fingerprint density at radius 3 is 1.81 bits per heavy atom. The molecule has 4 nitrogen and oxygen atoms in total. The number of esters is 2. The summed E-state index contributed by atoms with van der Waals surface area (Å²) in [4.78, 5) is 22.9. The van der Waals surface area contributed by atoms with Crippen LogP contribution in [0, 0.1) is 29.1 Å². The zero-order chi connectivity index (χ0) is 19.9. The molecular weight excluding hydrogens is 370 g/mol. The Bertz CT molecular complexity index is 786. The first-order valence-corrected chi connectivity index (χ1v) is 6.65. The van der Waals surface area contributed by atoms with E-state index in [-0.39, 0.29) is 12.1 Å². The lowest BCUT2D eigenvalue weighted by atomic mass is 10.3. The molecule has 2 aromatic carbocycles. The lowest BCUT2D eigenvalue weighted by Crippen LogP contribution is -2.19. The Labute approximate surface area is 142 Å². The summed E-state index contributed by atoms with van der Waals surface area (Å²) in [5.41, 5.74) is 0. The lowest BCUT2D eigenvalue weighted by Gasteiger charge is -2.07.